The van der Waals surface area contributed by atoms with Crippen molar-refractivity contribution < 1.29 is 13.5 Å². The van der Waals surface area contributed by atoms with Crippen LogP contribution in [0.3, 0.4) is 0 Å². The number of benzene rings is 1. The first-order chi connectivity index (χ1) is 12.6. The minimum absolute atomic E-state index is 0.0347. The lowest BCUT2D eigenvalue weighted by molar-refractivity contribution is 0.399. The van der Waals surface area contributed by atoms with Crippen molar-refractivity contribution in [3.8, 4) is 5.88 Å². The van der Waals surface area contributed by atoms with E-state index in [2.05, 4.69) is 31.2 Å². The quantitative estimate of drug-likeness (QED) is 0.690. The Morgan fingerprint density at radius 3 is 2.77 bits per heavy atom. The number of nitrogens with one attached hydrogen (secondary N) is 1. The number of rotatable bonds is 3. The molecule has 0 amide bonds. The first-order valence-electron chi connectivity index (χ1n) is 8.03. The Balaban J connectivity index is 1.81. The highest BCUT2D eigenvalue weighted by molar-refractivity contribution is 9.10. The second-order valence-corrected chi connectivity index (χ2v) is 6.86. The third kappa shape index (κ3) is 2.94. The largest absolute Gasteiger partial charge is 0.481 e. The summed E-state index contributed by atoms with van der Waals surface area (Å²) in [5, 5.41) is 4.08. The van der Waals surface area contributed by atoms with Crippen molar-refractivity contribution in [1.82, 2.24) is 9.97 Å². The number of methoxy groups -OCH3 is 1. The SMILES string of the molecule is COc1ccc2c3c(cnc2n1)NCCN3Cc1c(F)cc(Br)cc1F. The highest BCUT2D eigenvalue weighted by Gasteiger charge is 2.23. The summed E-state index contributed by atoms with van der Waals surface area (Å²) < 4.78 is 34.1. The van der Waals surface area contributed by atoms with Crippen LogP contribution in [0, 0.1) is 11.6 Å². The van der Waals surface area contributed by atoms with Gasteiger partial charge in [-0.05, 0) is 18.2 Å². The van der Waals surface area contributed by atoms with Gasteiger partial charge in [-0.15, -0.1) is 0 Å². The number of anilines is 2. The zero-order chi connectivity index (χ0) is 18.3. The lowest BCUT2D eigenvalue weighted by atomic mass is 10.1. The summed E-state index contributed by atoms with van der Waals surface area (Å²) >= 11 is 3.11. The van der Waals surface area contributed by atoms with Crippen LogP contribution in [0.15, 0.2) is 34.9 Å². The smallest absolute Gasteiger partial charge is 0.215 e. The Hall–Kier alpha value is -2.48. The minimum atomic E-state index is -0.574. The van der Waals surface area contributed by atoms with Crippen LogP contribution >= 0.6 is 15.9 Å². The number of nitrogens with zero attached hydrogens (tertiary/aromatic N) is 3. The van der Waals surface area contributed by atoms with Crippen molar-refractivity contribution in [1.29, 1.82) is 0 Å². The average molecular weight is 421 g/mol. The van der Waals surface area contributed by atoms with E-state index < -0.39 is 11.6 Å². The zero-order valence-corrected chi connectivity index (χ0v) is 15.5. The Labute approximate surface area is 157 Å². The van der Waals surface area contributed by atoms with Gasteiger partial charge in [0.1, 0.15) is 11.6 Å². The number of hydrogen-bond acceptors (Lipinski definition) is 5. The Morgan fingerprint density at radius 2 is 2.04 bits per heavy atom. The Morgan fingerprint density at radius 1 is 1.27 bits per heavy atom. The molecule has 1 aliphatic rings. The van der Waals surface area contributed by atoms with E-state index in [1.165, 1.54) is 12.1 Å². The molecule has 5 nitrogen and oxygen atoms in total. The van der Waals surface area contributed by atoms with Crippen LogP contribution in [0.5, 0.6) is 5.88 Å². The maximum Gasteiger partial charge on any atom is 0.215 e. The average Bonchev–Trinajstić information content (AvgIpc) is 2.63. The van der Waals surface area contributed by atoms with Gasteiger partial charge < -0.3 is 15.0 Å². The molecule has 0 aliphatic carbocycles. The molecular weight excluding hydrogens is 406 g/mol. The van der Waals surface area contributed by atoms with Gasteiger partial charge in [0.2, 0.25) is 5.88 Å². The molecule has 0 fully saturated rings. The van der Waals surface area contributed by atoms with Crippen LogP contribution in [0.4, 0.5) is 20.2 Å². The first-order valence-corrected chi connectivity index (χ1v) is 8.82. The molecule has 0 unspecified atom stereocenters. The van der Waals surface area contributed by atoms with Gasteiger partial charge in [-0.25, -0.2) is 13.8 Å². The molecule has 0 radical (unpaired) electrons. The summed E-state index contributed by atoms with van der Waals surface area (Å²) in [6.45, 7) is 1.38. The molecule has 0 spiro atoms. The highest BCUT2D eigenvalue weighted by Crippen LogP contribution is 2.37. The number of ether oxygens (including phenoxy) is 1. The molecule has 3 aromatic rings. The van der Waals surface area contributed by atoms with Crippen molar-refractivity contribution in [2.75, 3.05) is 30.4 Å². The van der Waals surface area contributed by atoms with E-state index in [-0.39, 0.29) is 12.1 Å². The molecular formula is C18H15BrF2N4O. The van der Waals surface area contributed by atoms with Crippen LogP contribution in [0.1, 0.15) is 5.56 Å². The first kappa shape index (κ1) is 17.0. The summed E-state index contributed by atoms with van der Waals surface area (Å²) in [6.07, 6.45) is 1.69. The van der Waals surface area contributed by atoms with Crippen LogP contribution in [-0.2, 0) is 6.54 Å². The number of halogens is 3. The molecule has 3 heterocycles. The van der Waals surface area contributed by atoms with Gasteiger partial charge in [0.15, 0.2) is 5.65 Å². The van der Waals surface area contributed by atoms with Crippen molar-refractivity contribution in [2.45, 2.75) is 6.54 Å². The second kappa shape index (κ2) is 6.68. The fourth-order valence-electron chi connectivity index (χ4n) is 3.14. The van der Waals surface area contributed by atoms with E-state index >= 15 is 0 Å². The molecule has 0 saturated heterocycles. The number of fused-ring (bicyclic) bond motifs is 3. The van der Waals surface area contributed by atoms with Gasteiger partial charge in [0.05, 0.1) is 24.7 Å². The fraction of sp³-hybridized carbons (Fsp3) is 0.222. The predicted octanol–water partition coefficient (Wildman–Crippen LogP) is 4.11. The summed E-state index contributed by atoms with van der Waals surface area (Å²) in [6, 6.07) is 6.16. The standard InChI is InChI=1S/C18H15BrF2N4O/c1-26-16-3-2-11-17-15(8-23-18(11)24-16)22-4-5-25(17)9-12-13(20)6-10(19)7-14(12)21/h2-3,6-8,22H,4-5,9H2,1H3. The topological polar surface area (TPSA) is 50.3 Å². The highest BCUT2D eigenvalue weighted by atomic mass is 79.9. The summed E-state index contributed by atoms with van der Waals surface area (Å²) in [5.74, 6) is -0.685. The van der Waals surface area contributed by atoms with Gasteiger partial charge in [0.25, 0.3) is 0 Å². The van der Waals surface area contributed by atoms with E-state index in [0.717, 1.165) is 16.8 Å². The van der Waals surface area contributed by atoms with Crippen LogP contribution in [-0.4, -0.2) is 30.2 Å². The second-order valence-electron chi connectivity index (χ2n) is 5.94. The van der Waals surface area contributed by atoms with E-state index in [9.17, 15) is 8.78 Å². The molecule has 1 aliphatic heterocycles. The molecule has 8 heteroatoms. The Kier molecular flexibility index (Phi) is 4.36. The molecule has 134 valence electrons. The number of pyridine rings is 2. The molecule has 1 N–H and O–H groups in total. The van der Waals surface area contributed by atoms with Gasteiger partial charge in [-0.1, -0.05) is 15.9 Å². The number of aromatic nitrogens is 2. The summed E-state index contributed by atoms with van der Waals surface area (Å²) in [4.78, 5) is 10.6. The molecule has 26 heavy (non-hydrogen) atoms. The minimum Gasteiger partial charge on any atom is -0.481 e. The molecule has 2 aromatic heterocycles. The maximum absolute atomic E-state index is 14.3. The predicted molar refractivity (Wildman–Crippen MR) is 99.7 cm³/mol. The van der Waals surface area contributed by atoms with E-state index in [1.807, 2.05) is 11.0 Å². The fourth-order valence-corrected chi connectivity index (χ4v) is 3.54. The van der Waals surface area contributed by atoms with Gasteiger partial charge in [-0.2, -0.15) is 4.98 Å². The zero-order valence-electron chi connectivity index (χ0n) is 13.9. The normalized spacial score (nSPS) is 13.5. The molecule has 0 atom stereocenters. The van der Waals surface area contributed by atoms with Gasteiger partial charge in [0, 0.05) is 41.1 Å². The molecule has 4 rings (SSSR count). The van der Waals surface area contributed by atoms with E-state index in [0.29, 0.717) is 29.1 Å². The molecule has 0 saturated carbocycles. The number of hydrogen-bond donors (Lipinski definition) is 1. The van der Waals surface area contributed by atoms with Crippen LogP contribution < -0.4 is 15.0 Å². The lowest BCUT2D eigenvalue weighted by Gasteiger charge is -2.33. The lowest BCUT2D eigenvalue weighted by Crippen LogP contribution is -2.34. The van der Waals surface area contributed by atoms with Gasteiger partial charge >= 0.3 is 0 Å². The van der Waals surface area contributed by atoms with E-state index in [4.69, 9.17) is 4.74 Å². The third-order valence-electron chi connectivity index (χ3n) is 4.35. The Bertz CT molecular complexity index is 975. The van der Waals surface area contributed by atoms with Crippen molar-refractivity contribution >= 4 is 38.3 Å². The van der Waals surface area contributed by atoms with Crippen molar-refractivity contribution in [2.24, 2.45) is 0 Å². The summed E-state index contributed by atoms with van der Waals surface area (Å²) in [7, 11) is 1.54. The van der Waals surface area contributed by atoms with Crippen LogP contribution in [0.2, 0.25) is 0 Å². The molecule has 0 bridgehead atoms. The van der Waals surface area contributed by atoms with Crippen molar-refractivity contribution in [3.05, 3.63) is 52.1 Å². The van der Waals surface area contributed by atoms with Crippen molar-refractivity contribution in [3.63, 3.8) is 0 Å². The monoisotopic (exact) mass is 420 g/mol. The van der Waals surface area contributed by atoms with E-state index in [1.54, 1.807) is 19.4 Å². The van der Waals surface area contributed by atoms with Crippen LogP contribution in [0.25, 0.3) is 11.0 Å². The summed E-state index contributed by atoms with van der Waals surface area (Å²) in [5.41, 5.74) is 2.20. The third-order valence-corrected chi connectivity index (χ3v) is 4.81. The maximum atomic E-state index is 14.3. The molecule has 1 aromatic carbocycles. The van der Waals surface area contributed by atoms with Gasteiger partial charge in [-0.3, -0.25) is 0 Å².